The van der Waals surface area contributed by atoms with Gasteiger partial charge in [-0.25, -0.2) is 0 Å². The molecule has 0 spiro atoms. The quantitative estimate of drug-likeness (QED) is 0.398. The average molecular weight is 360 g/mol. The summed E-state index contributed by atoms with van der Waals surface area (Å²) >= 11 is 0. The molecule has 1 aromatic rings. The zero-order chi connectivity index (χ0) is 17.3. The van der Waals surface area contributed by atoms with Gasteiger partial charge < -0.3 is 9.05 Å². The molecule has 1 aromatic carbocycles. The molecule has 2 unspecified atom stereocenters. The van der Waals surface area contributed by atoms with Crippen molar-refractivity contribution in [2.45, 2.75) is 63.3 Å². The lowest BCUT2D eigenvalue weighted by molar-refractivity contribution is 0.216. The van der Waals surface area contributed by atoms with Gasteiger partial charge in [0.1, 0.15) is 4.99 Å². The summed E-state index contributed by atoms with van der Waals surface area (Å²) in [7, 11) is -4.82. The Morgan fingerprint density at radius 3 is 2.09 bits per heavy atom. The Hall–Kier alpha value is -0.480. The van der Waals surface area contributed by atoms with Gasteiger partial charge in [0.2, 0.25) is 0 Å². The van der Waals surface area contributed by atoms with E-state index in [9.17, 15) is 8.77 Å². The van der Waals surface area contributed by atoms with Crippen molar-refractivity contribution in [3.05, 3.63) is 29.8 Å². The van der Waals surface area contributed by atoms with Crippen LogP contribution in [0.2, 0.25) is 0 Å². The Morgan fingerprint density at radius 2 is 1.61 bits per heavy atom. The fourth-order valence-electron chi connectivity index (χ4n) is 2.34. The van der Waals surface area contributed by atoms with Crippen LogP contribution in [0.15, 0.2) is 29.2 Å². The summed E-state index contributed by atoms with van der Waals surface area (Å²) in [4.78, 5) is 0.0633. The van der Waals surface area contributed by atoms with Gasteiger partial charge in [0.25, 0.3) is 0 Å². The molecule has 0 amide bonds. The summed E-state index contributed by atoms with van der Waals surface area (Å²) < 4.78 is 37.1. The first-order valence-electron chi connectivity index (χ1n) is 8.34. The second-order valence-electron chi connectivity index (χ2n) is 5.44. The van der Waals surface area contributed by atoms with Gasteiger partial charge in [0.15, 0.2) is 0 Å². The Morgan fingerprint density at radius 1 is 1.04 bits per heavy atom. The molecule has 0 aromatic heterocycles. The molecule has 0 saturated heterocycles. The fourth-order valence-corrected chi connectivity index (χ4v) is 6.74. The minimum atomic E-state index is -3.40. The van der Waals surface area contributed by atoms with Crippen molar-refractivity contribution in [2.24, 2.45) is 0 Å². The van der Waals surface area contributed by atoms with Gasteiger partial charge in [0.05, 0.1) is 24.0 Å². The summed E-state index contributed by atoms with van der Waals surface area (Å²) in [5.41, 5.74) is 1.10. The van der Waals surface area contributed by atoms with Gasteiger partial charge in [0, 0.05) is 4.90 Å². The summed E-state index contributed by atoms with van der Waals surface area (Å²) in [6.45, 7) is 8.22. The molecule has 23 heavy (non-hydrogen) atoms. The van der Waals surface area contributed by atoms with Gasteiger partial charge in [-0.1, -0.05) is 43.9 Å². The number of hydrogen-bond acceptors (Lipinski definition) is 4. The minimum Gasteiger partial charge on any atom is -0.308 e. The molecule has 0 saturated carbocycles. The van der Waals surface area contributed by atoms with Crippen LogP contribution in [0.25, 0.3) is 0 Å². The van der Waals surface area contributed by atoms with Crippen LogP contribution in [0, 0.1) is 6.92 Å². The van der Waals surface area contributed by atoms with Crippen molar-refractivity contribution >= 4 is 18.4 Å². The first-order valence-corrected chi connectivity index (χ1v) is 11.2. The largest absolute Gasteiger partial charge is 0.346 e. The van der Waals surface area contributed by atoms with Crippen molar-refractivity contribution in [1.29, 1.82) is 0 Å². The molecule has 0 radical (unpaired) electrons. The Bertz CT molecular complexity index is 520. The van der Waals surface area contributed by atoms with Crippen LogP contribution in [0.4, 0.5) is 0 Å². The lowest BCUT2D eigenvalue weighted by Gasteiger charge is -2.26. The number of unbranched alkanes of at least 4 members (excludes halogenated alkanes) is 2. The van der Waals surface area contributed by atoms with Crippen molar-refractivity contribution in [1.82, 2.24) is 0 Å². The third kappa shape index (κ3) is 6.15. The molecule has 2 atom stereocenters. The van der Waals surface area contributed by atoms with E-state index < -0.39 is 23.4 Å². The smallest absolute Gasteiger partial charge is 0.308 e. The van der Waals surface area contributed by atoms with Gasteiger partial charge >= 0.3 is 7.60 Å². The number of rotatable bonds is 11. The van der Waals surface area contributed by atoms with Crippen LogP contribution in [0.5, 0.6) is 0 Å². The maximum absolute atomic E-state index is 13.2. The molecular formula is C17H29O4PS. The van der Waals surface area contributed by atoms with Crippen LogP contribution >= 0.6 is 7.60 Å². The molecule has 132 valence electrons. The molecule has 0 bridgehead atoms. The molecule has 0 aliphatic heterocycles. The van der Waals surface area contributed by atoms with Crippen LogP contribution in [-0.4, -0.2) is 22.4 Å². The molecule has 6 heteroatoms. The highest BCUT2D eigenvalue weighted by molar-refractivity contribution is 7.93. The zero-order valence-corrected chi connectivity index (χ0v) is 16.3. The van der Waals surface area contributed by atoms with Gasteiger partial charge in [-0.15, -0.1) is 0 Å². The highest BCUT2D eigenvalue weighted by Gasteiger charge is 2.40. The van der Waals surface area contributed by atoms with E-state index in [1.165, 1.54) is 0 Å². The molecule has 1 rings (SSSR count). The maximum atomic E-state index is 13.2. The highest BCUT2D eigenvalue weighted by atomic mass is 32.2. The molecule has 0 aliphatic carbocycles. The van der Waals surface area contributed by atoms with Gasteiger partial charge in [-0.05, 0) is 39.3 Å². The van der Waals surface area contributed by atoms with E-state index in [2.05, 4.69) is 6.92 Å². The standard InChI is InChI=1S/C17H29O4PS/c1-5-8-9-10-17(22(18,20-6-2)21-7-3)23(19)16-13-11-15(4)12-14-16/h11-14,17H,5-10H2,1-4H3. The van der Waals surface area contributed by atoms with Crippen molar-refractivity contribution < 1.29 is 17.8 Å². The lowest BCUT2D eigenvalue weighted by Crippen LogP contribution is -2.19. The summed E-state index contributed by atoms with van der Waals surface area (Å²) in [5, 5.41) is 0. The van der Waals surface area contributed by atoms with Crippen LogP contribution in [0.1, 0.15) is 52.0 Å². The van der Waals surface area contributed by atoms with E-state index >= 15 is 0 Å². The first-order chi connectivity index (χ1) is 11.0. The van der Waals surface area contributed by atoms with Gasteiger partial charge in [-0.3, -0.25) is 8.77 Å². The van der Waals surface area contributed by atoms with E-state index in [0.29, 0.717) is 11.3 Å². The Labute approximate surface area is 143 Å². The topological polar surface area (TPSA) is 52.6 Å². The zero-order valence-electron chi connectivity index (χ0n) is 14.6. The van der Waals surface area contributed by atoms with Crippen LogP contribution in [-0.2, 0) is 24.4 Å². The number of benzene rings is 1. The fraction of sp³-hybridized carbons (Fsp3) is 0.647. The summed E-state index contributed by atoms with van der Waals surface area (Å²) in [6, 6.07) is 7.51. The molecule has 4 nitrogen and oxygen atoms in total. The molecule has 0 fully saturated rings. The van der Waals surface area contributed by atoms with Crippen molar-refractivity contribution in [3.63, 3.8) is 0 Å². The van der Waals surface area contributed by atoms with Gasteiger partial charge in [-0.2, -0.15) is 0 Å². The lowest BCUT2D eigenvalue weighted by atomic mass is 10.2. The SMILES string of the molecule is CCCCCC(S(=O)c1ccc(C)cc1)P(=O)(OCC)OCC. The highest BCUT2D eigenvalue weighted by Crippen LogP contribution is 2.56. The number of hydrogen-bond donors (Lipinski definition) is 0. The van der Waals surface area contributed by atoms with Crippen molar-refractivity contribution in [3.8, 4) is 0 Å². The maximum Gasteiger partial charge on any atom is 0.346 e. The summed E-state index contributed by atoms with van der Waals surface area (Å²) in [5.74, 6) is 0. The monoisotopic (exact) mass is 360 g/mol. The average Bonchev–Trinajstić information content (AvgIpc) is 2.52. The van der Waals surface area contributed by atoms with Crippen LogP contribution < -0.4 is 0 Å². The molecule has 0 N–H and O–H groups in total. The second-order valence-corrected chi connectivity index (χ2v) is 9.64. The molecule has 0 aliphatic rings. The van der Waals surface area contributed by atoms with E-state index in [0.717, 1.165) is 24.8 Å². The minimum absolute atomic E-state index is 0.284. The van der Waals surface area contributed by atoms with E-state index in [1.54, 1.807) is 13.8 Å². The van der Waals surface area contributed by atoms with Crippen molar-refractivity contribution in [2.75, 3.05) is 13.2 Å². The Kier molecular flexibility index (Phi) is 9.30. The van der Waals surface area contributed by atoms with E-state index in [-0.39, 0.29) is 13.2 Å². The molecular weight excluding hydrogens is 331 g/mol. The number of aryl methyl sites for hydroxylation is 1. The second kappa shape index (κ2) is 10.4. The van der Waals surface area contributed by atoms with Crippen LogP contribution in [0.3, 0.4) is 0 Å². The summed E-state index contributed by atoms with van der Waals surface area (Å²) in [6.07, 6.45) is 3.51. The third-order valence-corrected chi connectivity index (χ3v) is 8.54. The predicted octanol–water partition coefficient (Wildman–Crippen LogP) is 5.28. The van der Waals surface area contributed by atoms with E-state index in [1.807, 2.05) is 31.2 Å². The third-order valence-electron chi connectivity index (χ3n) is 3.53. The Balaban J connectivity index is 3.08. The predicted molar refractivity (Wildman–Crippen MR) is 96.4 cm³/mol. The van der Waals surface area contributed by atoms with E-state index in [4.69, 9.17) is 9.05 Å². The normalized spacial score (nSPS) is 14.6. The first kappa shape index (κ1) is 20.6. The molecule has 0 heterocycles.